The number of methoxy groups -OCH3 is 1. The van der Waals surface area contributed by atoms with Gasteiger partial charge in [0.2, 0.25) is 0 Å². The van der Waals surface area contributed by atoms with Crippen LogP contribution in [0, 0.1) is 5.92 Å². The number of amides is 1. The highest BCUT2D eigenvalue weighted by Gasteiger charge is 2.34. The minimum atomic E-state index is -0.485. The molecule has 6 nitrogen and oxygen atoms in total. The zero-order chi connectivity index (χ0) is 16.3. The van der Waals surface area contributed by atoms with E-state index in [0.29, 0.717) is 18.8 Å². The molecule has 2 N–H and O–H groups in total. The van der Waals surface area contributed by atoms with Crippen LogP contribution in [0.4, 0.5) is 4.79 Å². The lowest BCUT2D eigenvalue weighted by atomic mass is 9.96. The van der Waals surface area contributed by atoms with Crippen LogP contribution in [-0.2, 0) is 4.74 Å². The van der Waals surface area contributed by atoms with Crippen molar-refractivity contribution in [2.45, 2.75) is 38.8 Å². The van der Waals surface area contributed by atoms with Crippen LogP contribution in [-0.4, -0.2) is 41.8 Å². The van der Waals surface area contributed by atoms with Crippen LogP contribution in [0.15, 0.2) is 18.3 Å². The molecule has 0 aromatic carbocycles. The van der Waals surface area contributed by atoms with Gasteiger partial charge in [-0.2, -0.15) is 0 Å². The fourth-order valence-corrected chi connectivity index (χ4v) is 2.62. The number of carbonyl (C=O) groups is 1. The molecule has 2 heterocycles. The molecule has 122 valence electrons. The molecule has 1 saturated heterocycles. The summed E-state index contributed by atoms with van der Waals surface area (Å²) in [5.74, 6) is 0.835. The Labute approximate surface area is 131 Å². The van der Waals surface area contributed by atoms with E-state index in [1.165, 1.54) is 0 Å². The molecule has 0 radical (unpaired) electrons. The highest BCUT2D eigenvalue weighted by molar-refractivity contribution is 5.68. The molecule has 1 aliphatic heterocycles. The first-order valence-electron chi connectivity index (χ1n) is 7.54. The lowest BCUT2D eigenvalue weighted by Gasteiger charge is -2.25. The van der Waals surface area contributed by atoms with Crippen molar-refractivity contribution in [1.82, 2.24) is 9.88 Å². The van der Waals surface area contributed by atoms with Crippen LogP contribution in [0.2, 0.25) is 0 Å². The Kier molecular flexibility index (Phi) is 4.90. The Bertz CT molecular complexity index is 528. The first kappa shape index (κ1) is 16.5. The Morgan fingerprint density at radius 2 is 2.23 bits per heavy atom. The summed E-state index contributed by atoms with van der Waals surface area (Å²) in [5, 5.41) is 0. The van der Waals surface area contributed by atoms with E-state index in [4.69, 9.17) is 15.2 Å². The number of carbonyl (C=O) groups excluding carboxylic acids is 1. The van der Waals surface area contributed by atoms with Crippen LogP contribution >= 0.6 is 0 Å². The zero-order valence-electron chi connectivity index (χ0n) is 13.7. The van der Waals surface area contributed by atoms with Crippen molar-refractivity contribution in [1.29, 1.82) is 0 Å². The van der Waals surface area contributed by atoms with Crippen molar-refractivity contribution >= 4 is 6.09 Å². The van der Waals surface area contributed by atoms with Crippen LogP contribution < -0.4 is 10.5 Å². The third-order valence-electron chi connectivity index (χ3n) is 3.72. The van der Waals surface area contributed by atoms with Gasteiger partial charge in [-0.05, 0) is 45.2 Å². The van der Waals surface area contributed by atoms with Crippen molar-refractivity contribution in [3.8, 4) is 5.75 Å². The lowest BCUT2D eigenvalue weighted by molar-refractivity contribution is 0.0286. The molecule has 0 saturated carbocycles. The van der Waals surface area contributed by atoms with Gasteiger partial charge in [-0.25, -0.2) is 4.79 Å². The van der Waals surface area contributed by atoms with Gasteiger partial charge < -0.3 is 20.1 Å². The Morgan fingerprint density at radius 3 is 2.86 bits per heavy atom. The predicted molar refractivity (Wildman–Crippen MR) is 83.6 cm³/mol. The number of ether oxygens (including phenoxy) is 2. The SMILES string of the molecule is COc1cccnc1C(N)C1CCN(C(=O)OC(C)(C)C)C1. The Balaban J connectivity index is 2.02. The smallest absolute Gasteiger partial charge is 0.410 e. The molecule has 0 bridgehead atoms. The minimum absolute atomic E-state index is 0.149. The number of nitrogens with zero attached hydrogens (tertiary/aromatic N) is 2. The molecule has 1 fully saturated rings. The number of hydrogen-bond donors (Lipinski definition) is 1. The van der Waals surface area contributed by atoms with E-state index in [9.17, 15) is 4.79 Å². The van der Waals surface area contributed by atoms with Crippen molar-refractivity contribution < 1.29 is 14.3 Å². The van der Waals surface area contributed by atoms with E-state index in [1.807, 2.05) is 32.9 Å². The number of likely N-dealkylation sites (tertiary alicyclic amines) is 1. The molecule has 0 spiro atoms. The van der Waals surface area contributed by atoms with Crippen LogP contribution in [0.25, 0.3) is 0 Å². The summed E-state index contributed by atoms with van der Waals surface area (Å²) < 4.78 is 10.7. The fraction of sp³-hybridized carbons (Fsp3) is 0.625. The van der Waals surface area contributed by atoms with E-state index in [-0.39, 0.29) is 18.1 Å². The Morgan fingerprint density at radius 1 is 1.50 bits per heavy atom. The third-order valence-corrected chi connectivity index (χ3v) is 3.72. The topological polar surface area (TPSA) is 77.7 Å². The second-order valence-electron chi connectivity index (χ2n) is 6.59. The molecule has 22 heavy (non-hydrogen) atoms. The standard InChI is InChI=1S/C16H25N3O3/c1-16(2,3)22-15(20)19-9-7-11(10-19)13(17)14-12(21-4)6-5-8-18-14/h5-6,8,11,13H,7,9-10,17H2,1-4H3. The maximum Gasteiger partial charge on any atom is 0.410 e. The van der Waals surface area contributed by atoms with Crippen molar-refractivity contribution in [2.24, 2.45) is 11.7 Å². The first-order chi connectivity index (χ1) is 10.3. The fourth-order valence-electron chi connectivity index (χ4n) is 2.62. The van der Waals surface area contributed by atoms with E-state index in [1.54, 1.807) is 18.2 Å². The maximum absolute atomic E-state index is 12.1. The van der Waals surface area contributed by atoms with Gasteiger partial charge in [0.05, 0.1) is 18.8 Å². The number of nitrogens with two attached hydrogens (primary N) is 1. The van der Waals surface area contributed by atoms with E-state index in [2.05, 4.69) is 4.98 Å². The average molecular weight is 307 g/mol. The molecule has 2 atom stereocenters. The molecular formula is C16H25N3O3. The van der Waals surface area contributed by atoms with E-state index < -0.39 is 5.60 Å². The van der Waals surface area contributed by atoms with E-state index >= 15 is 0 Å². The molecule has 2 rings (SSSR count). The van der Waals surface area contributed by atoms with Gasteiger partial charge in [0.25, 0.3) is 0 Å². The summed E-state index contributed by atoms with van der Waals surface area (Å²) in [4.78, 5) is 18.2. The van der Waals surface area contributed by atoms with Crippen LogP contribution in [0.1, 0.15) is 38.9 Å². The highest BCUT2D eigenvalue weighted by Crippen LogP contribution is 2.32. The molecule has 1 amide bonds. The molecule has 1 aliphatic rings. The molecule has 6 heteroatoms. The lowest BCUT2D eigenvalue weighted by Crippen LogP contribution is -2.36. The molecular weight excluding hydrogens is 282 g/mol. The number of rotatable bonds is 3. The molecule has 2 unspecified atom stereocenters. The monoisotopic (exact) mass is 307 g/mol. The Hall–Kier alpha value is -1.82. The second-order valence-corrected chi connectivity index (χ2v) is 6.59. The number of pyridine rings is 1. The largest absolute Gasteiger partial charge is 0.495 e. The van der Waals surface area contributed by atoms with Gasteiger partial charge in [-0.3, -0.25) is 4.98 Å². The number of hydrogen-bond acceptors (Lipinski definition) is 5. The van der Waals surface area contributed by atoms with Crippen LogP contribution in [0.3, 0.4) is 0 Å². The summed E-state index contributed by atoms with van der Waals surface area (Å²) in [5.41, 5.74) is 6.60. The summed E-state index contributed by atoms with van der Waals surface area (Å²) >= 11 is 0. The summed E-state index contributed by atoms with van der Waals surface area (Å²) in [6.07, 6.45) is 2.26. The van der Waals surface area contributed by atoms with Gasteiger partial charge in [0.1, 0.15) is 11.4 Å². The zero-order valence-corrected chi connectivity index (χ0v) is 13.7. The minimum Gasteiger partial charge on any atom is -0.495 e. The van der Waals surface area contributed by atoms with E-state index in [0.717, 1.165) is 12.1 Å². The summed E-state index contributed by atoms with van der Waals surface area (Å²) in [6.45, 7) is 6.83. The predicted octanol–water partition coefficient (Wildman–Crippen LogP) is 2.35. The normalized spacial score (nSPS) is 19.9. The highest BCUT2D eigenvalue weighted by atomic mass is 16.6. The van der Waals surface area contributed by atoms with Gasteiger partial charge >= 0.3 is 6.09 Å². The third kappa shape index (κ3) is 3.88. The molecule has 1 aromatic heterocycles. The van der Waals surface area contributed by atoms with Crippen LogP contribution in [0.5, 0.6) is 5.75 Å². The van der Waals surface area contributed by atoms with Crippen molar-refractivity contribution in [3.63, 3.8) is 0 Å². The second kappa shape index (κ2) is 6.52. The van der Waals surface area contributed by atoms with Crippen molar-refractivity contribution in [3.05, 3.63) is 24.0 Å². The average Bonchev–Trinajstić information content (AvgIpc) is 2.94. The van der Waals surface area contributed by atoms with Gasteiger partial charge in [-0.1, -0.05) is 0 Å². The summed E-state index contributed by atoms with van der Waals surface area (Å²) in [7, 11) is 1.61. The first-order valence-corrected chi connectivity index (χ1v) is 7.54. The van der Waals surface area contributed by atoms with Crippen molar-refractivity contribution in [2.75, 3.05) is 20.2 Å². The van der Waals surface area contributed by atoms with Gasteiger partial charge in [0, 0.05) is 19.3 Å². The maximum atomic E-state index is 12.1. The molecule has 0 aliphatic carbocycles. The quantitative estimate of drug-likeness (QED) is 0.927. The van der Waals surface area contributed by atoms with Gasteiger partial charge in [0.15, 0.2) is 0 Å². The molecule has 1 aromatic rings. The summed E-state index contributed by atoms with van der Waals surface area (Å²) in [6, 6.07) is 3.41. The van der Waals surface area contributed by atoms with Gasteiger partial charge in [-0.15, -0.1) is 0 Å². The number of aromatic nitrogens is 1.